The zero-order valence-corrected chi connectivity index (χ0v) is 39.1. The predicted octanol–water partition coefficient (Wildman–Crippen LogP) is 10.4. The summed E-state index contributed by atoms with van der Waals surface area (Å²) < 4.78 is 3.82. The lowest BCUT2D eigenvalue weighted by Crippen LogP contribution is -2.30. The Labute approximate surface area is 370 Å². The number of fused-ring (bicyclic) bond motifs is 1. The summed E-state index contributed by atoms with van der Waals surface area (Å²) >= 11 is 6.94. The molecule has 1 aliphatic heterocycles. The summed E-state index contributed by atoms with van der Waals surface area (Å²) in [5, 5.41) is 13.5. The molecule has 2 amide bonds. The molecular weight excluding hydrogens is 786 g/mol. The van der Waals surface area contributed by atoms with E-state index >= 15 is 0 Å². The molecule has 0 spiro atoms. The zero-order valence-electron chi connectivity index (χ0n) is 38.4. The lowest BCUT2D eigenvalue weighted by molar-refractivity contribution is -0.111. The molecule has 2 aliphatic carbocycles. The number of nitrogens with one attached hydrogen (secondary N) is 2. The van der Waals surface area contributed by atoms with Crippen LogP contribution in [0.3, 0.4) is 0 Å². The number of anilines is 2. The van der Waals surface area contributed by atoms with E-state index in [-0.39, 0.29) is 11.8 Å². The molecule has 3 heterocycles. The van der Waals surface area contributed by atoms with Crippen molar-refractivity contribution < 1.29 is 19.5 Å². The quantitative estimate of drug-likeness (QED) is 0.128. The van der Waals surface area contributed by atoms with Gasteiger partial charge in [-0.3, -0.25) is 14.5 Å². The van der Waals surface area contributed by atoms with E-state index in [1.807, 2.05) is 60.5 Å². The van der Waals surface area contributed by atoms with Crippen molar-refractivity contribution in [2.75, 3.05) is 30.8 Å². The summed E-state index contributed by atoms with van der Waals surface area (Å²) in [4.78, 5) is 48.8. The van der Waals surface area contributed by atoms with E-state index in [1.54, 1.807) is 6.07 Å². The van der Waals surface area contributed by atoms with E-state index in [1.165, 1.54) is 44.9 Å². The molecule has 0 bridgehead atoms. The van der Waals surface area contributed by atoms with Gasteiger partial charge in [0.25, 0.3) is 11.8 Å². The standard InChI is InChI=1S/C35H44ClN7O2.C7H12O.C6H12.CH4O/c1-8-25-29(17-16-21(3)4)41(6)32(37-25)34(44)39-26-14-10-12-23(22(26)5)24-13-11-15-27(31(24)36)40-35(45)33-38-28-20-43(9-2)19-18-30(28)42(33)7;8-6-7-4-2-1-3-5-7;1-6-4-2-3-5-6;1-2/h10-15,21H,8-9,16-20H2,1-7H3,(H,39,44)(H,40,45);6-7H,1-5H2;6H,2-5H2,1H3;2H,1H3. The third kappa shape index (κ3) is 13.1. The molecule has 4 aromatic rings. The molecule has 2 saturated carbocycles. The van der Waals surface area contributed by atoms with Crippen LogP contribution in [0.4, 0.5) is 11.4 Å². The van der Waals surface area contributed by atoms with E-state index < -0.39 is 0 Å². The van der Waals surface area contributed by atoms with Gasteiger partial charge in [-0.2, -0.15) is 0 Å². The number of carbonyl (C=O) groups is 3. The highest BCUT2D eigenvalue weighted by Crippen LogP contribution is 2.38. The van der Waals surface area contributed by atoms with E-state index in [2.05, 4.69) is 55.1 Å². The fourth-order valence-corrected chi connectivity index (χ4v) is 8.80. The maximum Gasteiger partial charge on any atom is 0.291 e. The van der Waals surface area contributed by atoms with Crippen LogP contribution >= 0.6 is 11.6 Å². The molecule has 11 nitrogen and oxygen atoms in total. The van der Waals surface area contributed by atoms with Crippen LogP contribution in [0.2, 0.25) is 5.02 Å². The number of aliphatic hydroxyl groups is 1. The summed E-state index contributed by atoms with van der Waals surface area (Å²) in [6.07, 6.45) is 16.8. The van der Waals surface area contributed by atoms with Gasteiger partial charge in [0, 0.05) is 69.3 Å². The fourth-order valence-electron chi connectivity index (χ4n) is 8.52. The van der Waals surface area contributed by atoms with E-state index in [0.717, 1.165) is 117 Å². The van der Waals surface area contributed by atoms with Gasteiger partial charge in [-0.15, -0.1) is 0 Å². The Morgan fingerprint density at radius 3 is 2.02 bits per heavy atom. The average molecular weight is 859 g/mol. The third-order valence-corrected chi connectivity index (χ3v) is 12.8. The second-order valence-corrected chi connectivity index (χ2v) is 17.5. The number of benzene rings is 2. The highest BCUT2D eigenvalue weighted by Gasteiger charge is 2.26. The van der Waals surface area contributed by atoms with Crippen molar-refractivity contribution in [1.29, 1.82) is 0 Å². The van der Waals surface area contributed by atoms with Crippen LogP contribution in [-0.4, -0.2) is 67.4 Å². The number of carbonyl (C=O) groups excluding carboxylic acids is 3. The number of halogens is 1. The third-order valence-electron chi connectivity index (χ3n) is 12.4. The molecule has 0 saturated heterocycles. The van der Waals surface area contributed by atoms with Gasteiger partial charge in [-0.1, -0.05) is 115 Å². The Hall–Kier alpha value is -4.32. The number of aryl methyl sites for hydroxylation is 1. The van der Waals surface area contributed by atoms with Crippen LogP contribution < -0.4 is 10.6 Å². The number of aromatic nitrogens is 4. The molecular formula is C49H72ClN7O4. The number of aldehydes is 1. The van der Waals surface area contributed by atoms with Crippen LogP contribution in [0.1, 0.15) is 148 Å². The minimum absolute atomic E-state index is 0.254. The Kier molecular flexibility index (Phi) is 19.7. The molecule has 334 valence electrons. The van der Waals surface area contributed by atoms with Crippen molar-refractivity contribution in [3.63, 3.8) is 0 Å². The molecule has 2 fully saturated rings. The first-order chi connectivity index (χ1) is 29.4. The molecule has 2 aromatic heterocycles. The topological polar surface area (TPSA) is 134 Å². The van der Waals surface area contributed by atoms with Gasteiger partial charge in [0.2, 0.25) is 0 Å². The Balaban J connectivity index is 0.000000427. The molecule has 0 radical (unpaired) electrons. The number of rotatable bonds is 11. The highest BCUT2D eigenvalue weighted by atomic mass is 35.5. The van der Waals surface area contributed by atoms with Crippen molar-refractivity contribution in [2.45, 2.75) is 132 Å². The lowest BCUT2D eigenvalue weighted by atomic mass is 9.91. The first-order valence-electron chi connectivity index (χ1n) is 22.6. The van der Waals surface area contributed by atoms with Crippen molar-refractivity contribution in [1.82, 2.24) is 24.0 Å². The minimum Gasteiger partial charge on any atom is -0.400 e. The lowest BCUT2D eigenvalue weighted by Gasteiger charge is -2.24. The predicted molar refractivity (Wildman–Crippen MR) is 250 cm³/mol. The Morgan fingerprint density at radius 1 is 0.869 bits per heavy atom. The van der Waals surface area contributed by atoms with Gasteiger partial charge < -0.3 is 29.7 Å². The molecule has 3 aliphatic rings. The van der Waals surface area contributed by atoms with Crippen molar-refractivity contribution >= 4 is 41.1 Å². The van der Waals surface area contributed by atoms with E-state index in [0.29, 0.717) is 39.9 Å². The summed E-state index contributed by atoms with van der Waals surface area (Å²) in [7, 11) is 4.81. The summed E-state index contributed by atoms with van der Waals surface area (Å²) in [5.74, 6) is 2.23. The highest BCUT2D eigenvalue weighted by molar-refractivity contribution is 6.36. The zero-order chi connectivity index (χ0) is 44.6. The van der Waals surface area contributed by atoms with Gasteiger partial charge in [-0.25, -0.2) is 9.97 Å². The number of hydrogen-bond donors (Lipinski definition) is 3. The number of likely N-dealkylation sites (N-methyl/N-ethyl adjacent to an activating group) is 1. The first-order valence-corrected chi connectivity index (χ1v) is 23.0. The molecule has 2 aromatic carbocycles. The number of nitrogens with zero attached hydrogens (tertiary/aromatic N) is 5. The summed E-state index contributed by atoms with van der Waals surface area (Å²) in [6, 6.07) is 11.3. The van der Waals surface area contributed by atoms with Gasteiger partial charge in [0.05, 0.1) is 22.1 Å². The second kappa shape index (κ2) is 24.4. The van der Waals surface area contributed by atoms with Gasteiger partial charge in [0.1, 0.15) is 6.29 Å². The second-order valence-electron chi connectivity index (χ2n) is 17.2. The van der Waals surface area contributed by atoms with Crippen molar-refractivity contribution in [3.8, 4) is 11.1 Å². The summed E-state index contributed by atoms with van der Waals surface area (Å²) in [6.45, 7) is 15.6. The van der Waals surface area contributed by atoms with Gasteiger partial charge >= 0.3 is 0 Å². The molecule has 7 rings (SSSR count). The maximum atomic E-state index is 13.5. The number of imidazole rings is 2. The van der Waals surface area contributed by atoms with Gasteiger partial charge in [-0.05, 0) is 80.7 Å². The normalized spacial score (nSPS) is 15.4. The molecule has 3 N–H and O–H groups in total. The van der Waals surface area contributed by atoms with Crippen molar-refractivity contribution in [2.24, 2.45) is 31.8 Å². The number of hydrogen-bond acceptors (Lipinski definition) is 7. The number of amides is 2. The van der Waals surface area contributed by atoms with Crippen LogP contribution in [0, 0.1) is 24.7 Å². The van der Waals surface area contributed by atoms with Crippen LogP contribution in [0.25, 0.3) is 11.1 Å². The summed E-state index contributed by atoms with van der Waals surface area (Å²) in [5.41, 5.74) is 7.77. The molecule has 61 heavy (non-hydrogen) atoms. The van der Waals surface area contributed by atoms with Crippen LogP contribution in [0.15, 0.2) is 36.4 Å². The maximum absolute atomic E-state index is 13.5. The first kappa shape index (κ1) is 49.3. The largest absolute Gasteiger partial charge is 0.400 e. The van der Waals surface area contributed by atoms with Crippen molar-refractivity contribution in [3.05, 3.63) is 81.4 Å². The van der Waals surface area contributed by atoms with Gasteiger partial charge in [0.15, 0.2) is 11.6 Å². The van der Waals surface area contributed by atoms with E-state index in [4.69, 9.17) is 21.7 Å². The van der Waals surface area contributed by atoms with Crippen LogP contribution in [-0.2, 0) is 44.7 Å². The smallest absolute Gasteiger partial charge is 0.291 e. The van der Waals surface area contributed by atoms with Crippen LogP contribution in [0.5, 0.6) is 0 Å². The Morgan fingerprint density at radius 2 is 1.46 bits per heavy atom. The SMILES string of the molecule is CC1CCCC1.CCc1nc(C(=O)Nc2cccc(-c3cccc(NC(=O)c4nc5c(n4C)CCN(CC)C5)c3Cl)c2C)n(C)c1CCC(C)C.CO.O=CC1CCCCC1. The molecule has 0 atom stereocenters. The molecule has 0 unspecified atom stereocenters. The average Bonchev–Trinajstić information content (AvgIpc) is 3.99. The monoisotopic (exact) mass is 858 g/mol. The minimum atomic E-state index is -0.305. The van der Waals surface area contributed by atoms with E-state index in [9.17, 15) is 14.4 Å². The Bertz CT molecular complexity index is 2040. The number of aliphatic hydroxyl groups excluding tert-OH is 1. The fraction of sp³-hybridized carbons (Fsp3) is 0.571. The molecule has 12 heteroatoms.